The van der Waals surface area contributed by atoms with Crippen LogP contribution in [0.3, 0.4) is 0 Å². The zero-order chi connectivity index (χ0) is 28.0. The van der Waals surface area contributed by atoms with Gasteiger partial charge in [0.05, 0.1) is 9.79 Å². The van der Waals surface area contributed by atoms with Crippen molar-refractivity contribution in [3.05, 3.63) is 65.2 Å². The number of imidazole rings is 1. The number of rotatable bonds is 8. The van der Waals surface area contributed by atoms with Crippen LogP contribution in [-0.2, 0) is 20.2 Å². The van der Waals surface area contributed by atoms with Gasteiger partial charge in [-0.15, -0.1) is 0 Å². The van der Waals surface area contributed by atoms with E-state index in [0.717, 1.165) is 33.6 Å². The van der Waals surface area contributed by atoms with E-state index in [9.17, 15) is 25.9 Å². The van der Waals surface area contributed by atoms with Gasteiger partial charge in [0.25, 0.3) is 6.33 Å². The van der Waals surface area contributed by atoms with Crippen molar-refractivity contribution in [1.29, 1.82) is 0 Å². The summed E-state index contributed by atoms with van der Waals surface area (Å²) in [4.78, 5) is -0.496. The molecular formula is C27H35N2Na2O6S2+. The Hall–Kier alpha value is -0.530. The Morgan fingerprint density at radius 3 is 1.28 bits per heavy atom. The first-order valence-corrected chi connectivity index (χ1v) is 15.1. The number of hydrogen-bond donors (Lipinski definition) is 0. The fourth-order valence-electron chi connectivity index (χ4n) is 4.57. The summed E-state index contributed by atoms with van der Waals surface area (Å²) in [6.45, 7) is 15.5. The van der Waals surface area contributed by atoms with Crippen LogP contribution in [0.15, 0.2) is 52.8 Å². The molecule has 3 rings (SSSR count). The maximum Gasteiger partial charge on any atom is 1.00 e. The van der Waals surface area contributed by atoms with Crippen LogP contribution in [0.1, 0.15) is 101 Å². The van der Waals surface area contributed by atoms with Gasteiger partial charge in [0.1, 0.15) is 44.0 Å². The monoisotopic (exact) mass is 593 g/mol. The number of aromatic nitrogens is 2. The van der Waals surface area contributed by atoms with Crippen molar-refractivity contribution >= 4 is 20.2 Å². The zero-order valence-corrected chi connectivity index (χ0v) is 30.1. The van der Waals surface area contributed by atoms with Crippen molar-refractivity contribution in [2.75, 3.05) is 0 Å². The van der Waals surface area contributed by atoms with Crippen LogP contribution in [0.25, 0.3) is 11.4 Å². The van der Waals surface area contributed by atoms with Gasteiger partial charge in [0.2, 0.25) is 0 Å². The third-order valence-corrected chi connectivity index (χ3v) is 8.13. The van der Waals surface area contributed by atoms with Crippen molar-refractivity contribution in [2.45, 2.75) is 88.9 Å². The molecule has 8 nitrogen and oxygen atoms in total. The molecule has 12 heteroatoms. The number of hydrogen-bond acceptors (Lipinski definition) is 6. The Morgan fingerprint density at radius 2 is 0.974 bits per heavy atom. The summed E-state index contributed by atoms with van der Waals surface area (Å²) in [6, 6.07) is 5.80. The molecule has 1 aromatic heterocycles. The van der Waals surface area contributed by atoms with Crippen molar-refractivity contribution in [1.82, 2.24) is 4.57 Å². The molecule has 0 N–H and O–H groups in total. The molecule has 0 aliphatic rings. The second kappa shape index (κ2) is 13.6. The Bertz CT molecular complexity index is 1370. The molecule has 2 aromatic carbocycles. The van der Waals surface area contributed by atoms with Crippen LogP contribution in [0.4, 0.5) is 0 Å². The molecule has 39 heavy (non-hydrogen) atoms. The molecule has 0 saturated heterocycles. The van der Waals surface area contributed by atoms with E-state index in [1.165, 1.54) is 24.3 Å². The standard InChI is InChI=1S/C27H36N2O6S2.2Na/c1-16(2)22-11-20(36(30,31)32)12-23(17(3)4)26(22)28-9-10-29(15-28)27-24(18(5)6)13-21(37(33,34)35)14-25(27)19(7)8;;/h9-19H,1-8H3,(H-,30,31,32,33,34,35);;/q;2*+1/p-1. The summed E-state index contributed by atoms with van der Waals surface area (Å²) in [5, 5.41) is 0. The Balaban J connectivity index is 0.00000380. The van der Waals surface area contributed by atoms with Gasteiger partial charge in [0, 0.05) is 22.3 Å². The van der Waals surface area contributed by atoms with E-state index in [1.807, 2.05) is 83.2 Å². The zero-order valence-electron chi connectivity index (χ0n) is 24.5. The van der Waals surface area contributed by atoms with E-state index in [2.05, 4.69) is 0 Å². The largest absolute Gasteiger partial charge is 1.00 e. The van der Waals surface area contributed by atoms with Gasteiger partial charge < -0.3 is 9.11 Å². The summed E-state index contributed by atoms with van der Waals surface area (Å²) in [6.07, 6.45) is 5.56. The Morgan fingerprint density at radius 1 is 0.641 bits per heavy atom. The SMILES string of the molecule is CC(C)c1cc(S(=O)(=O)[O-])cc(C(C)C)c1-n1cc[n+](-c2c(C(C)C)cc(S(=O)(=O)[O-])cc2C(C)C)c1.[Na+].[Na+]. The predicted octanol–water partition coefficient (Wildman–Crippen LogP) is -0.936. The van der Waals surface area contributed by atoms with Gasteiger partial charge in [0.15, 0.2) is 0 Å². The van der Waals surface area contributed by atoms with Gasteiger partial charge >= 0.3 is 59.1 Å². The van der Waals surface area contributed by atoms with Crippen LogP contribution in [0.2, 0.25) is 0 Å². The minimum absolute atomic E-state index is 0. The summed E-state index contributed by atoms with van der Waals surface area (Å²) in [5.41, 5.74) is 4.50. The molecule has 202 valence electrons. The first-order chi connectivity index (χ1) is 16.9. The predicted molar refractivity (Wildman–Crippen MR) is 140 cm³/mol. The van der Waals surface area contributed by atoms with Gasteiger partial charge in [-0.3, -0.25) is 0 Å². The number of nitrogens with zero attached hydrogens (tertiary/aromatic N) is 2. The first kappa shape index (κ1) is 36.5. The van der Waals surface area contributed by atoms with Crippen LogP contribution in [-0.4, -0.2) is 30.5 Å². The molecule has 0 bridgehead atoms. The summed E-state index contributed by atoms with van der Waals surface area (Å²) in [7, 11) is -9.27. The fourth-order valence-corrected chi connectivity index (χ4v) is 5.65. The van der Waals surface area contributed by atoms with E-state index >= 15 is 0 Å². The van der Waals surface area contributed by atoms with Crippen molar-refractivity contribution in [2.24, 2.45) is 0 Å². The quantitative estimate of drug-likeness (QED) is 0.189. The molecule has 3 aromatic rings. The molecule has 0 spiro atoms. The minimum atomic E-state index is -4.64. The van der Waals surface area contributed by atoms with Crippen LogP contribution >= 0.6 is 0 Å². The second-order valence-electron chi connectivity index (χ2n) is 10.7. The molecule has 0 aliphatic carbocycles. The van der Waals surface area contributed by atoms with Gasteiger partial charge in [-0.25, -0.2) is 26.0 Å². The first-order valence-electron chi connectivity index (χ1n) is 12.3. The van der Waals surface area contributed by atoms with Gasteiger partial charge in [-0.1, -0.05) is 55.4 Å². The fraction of sp³-hybridized carbons (Fsp3) is 0.444. The van der Waals surface area contributed by atoms with E-state index in [0.29, 0.717) is 0 Å². The van der Waals surface area contributed by atoms with E-state index in [-0.39, 0.29) is 92.6 Å². The molecule has 0 unspecified atom stereocenters. The average Bonchev–Trinajstić information content (AvgIpc) is 3.25. The molecule has 0 aliphatic heterocycles. The molecule has 1 heterocycles. The Kier molecular flexibility index (Phi) is 12.8. The molecule has 0 saturated carbocycles. The summed E-state index contributed by atoms with van der Waals surface area (Å²) in [5.74, 6) is -0.263. The molecule has 0 radical (unpaired) electrons. The third-order valence-electron chi connectivity index (χ3n) is 6.50. The van der Waals surface area contributed by atoms with Gasteiger partial charge in [-0.2, -0.15) is 0 Å². The van der Waals surface area contributed by atoms with E-state index in [1.54, 1.807) is 0 Å². The molecule has 0 amide bonds. The third kappa shape index (κ3) is 8.06. The van der Waals surface area contributed by atoms with Crippen molar-refractivity contribution in [3.63, 3.8) is 0 Å². The maximum absolute atomic E-state index is 11.9. The van der Waals surface area contributed by atoms with E-state index in [4.69, 9.17) is 0 Å². The van der Waals surface area contributed by atoms with Crippen molar-refractivity contribution in [3.8, 4) is 11.4 Å². The maximum atomic E-state index is 11.9. The molecule has 0 fully saturated rings. The second-order valence-corrected chi connectivity index (χ2v) is 13.4. The average molecular weight is 594 g/mol. The van der Waals surface area contributed by atoms with Crippen LogP contribution in [0, 0.1) is 0 Å². The summed E-state index contributed by atoms with van der Waals surface area (Å²) < 4.78 is 75.1. The van der Waals surface area contributed by atoms with Crippen molar-refractivity contribution < 1.29 is 89.6 Å². The Labute approximate surface area is 277 Å². The topological polar surface area (TPSA) is 123 Å². The van der Waals surface area contributed by atoms with Crippen LogP contribution in [0.5, 0.6) is 0 Å². The normalized spacial score (nSPS) is 12.3. The van der Waals surface area contributed by atoms with Gasteiger partial charge in [-0.05, 0) is 47.9 Å². The van der Waals surface area contributed by atoms with Crippen LogP contribution < -0.4 is 63.7 Å². The number of benzene rings is 2. The smallest absolute Gasteiger partial charge is 0.744 e. The minimum Gasteiger partial charge on any atom is -0.744 e. The summed E-state index contributed by atoms with van der Waals surface area (Å²) >= 11 is 0. The molecular weight excluding hydrogens is 558 g/mol. The van der Waals surface area contributed by atoms with E-state index < -0.39 is 20.2 Å². The molecule has 0 atom stereocenters.